The van der Waals surface area contributed by atoms with Crippen LogP contribution in [0.15, 0.2) is 24.3 Å². The molecular weight excluding hydrogens is 176 g/mol. The lowest BCUT2D eigenvalue weighted by Crippen LogP contribution is -2.03. The fraction of sp³-hybridized carbons (Fsp3) is 0.111. The molecule has 3 heteroatoms. The van der Waals surface area contributed by atoms with E-state index in [-0.39, 0.29) is 5.88 Å². The molecule has 2 nitrogen and oxygen atoms in total. The van der Waals surface area contributed by atoms with Gasteiger partial charge in [0.25, 0.3) is 0 Å². The Morgan fingerprint density at radius 3 is 2.67 bits per heavy atom. The van der Waals surface area contributed by atoms with Gasteiger partial charge in [0.05, 0.1) is 0 Å². The van der Waals surface area contributed by atoms with Crippen LogP contribution in [0.4, 0.5) is 0 Å². The predicted octanol–water partition coefficient (Wildman–Crippen LogP) is 1.81. The molecule has 0 aliphatic heterocycles. The maximum absolute atomic E-state index is 11.0. The van der Waals surface area contributed by atoms with Gasteiger partial charge in [0.2, 0.25) is 5.78 Å². The molecule has 0 N–H and O–H groups in total. The SMILES string of the molecule is O=CC(=O)c1ccccc1CCl. The molecule has 0 spiro atoms. The highest BCUT2D eigenvalue weighted by Crippen LogP contribution is 2.10. The molecule has 0 fully saturated rings. The van der Waals surface area contributed by atoms with Crippen molar-refractivity contribution in [2.75, 3.05) is 0 Å². The summed E-state index contributed by atoms with van der Waals surface area (Å²) >= 11 is 5.56. The van der Waals surface area contributed by atoms with Gasteiger partial charge < -0.3 is 0 Å². The van der Waals surface area contributed by atoms with Gasteiger partial charge in [0, 0.05) is 11.4 Å². The lowest BCUT2D eigenvalue weighted by atomic mass is 10.1. The van der Waals surface area contributed by atoms with Crippen molar-refractivity contribution < 1.29 is 9.59 Å². The summed E-state index contributed by atoms with van der Waals surface area (Å²) in [5.41, 5.74) is 1.08. The summed E-state index contributed by atoms with van der Waals surface area (Å²) in [6.07, 6.45) is 0.297. The van der Waals surface area contributed by atoms with Crippen LogP contribution in [0.2, 0.25) is 0 Å². The highest BCUT2D eigenvalue weighted by Gasteiger charge is 2.07. The van der Waals surface area contributed by atoms with Crippen molar-refractivity contribution in [2.45, 2.75) is 5.88 Å². The highest BCUT2D eigenvalue weighted by atomic mass is 35.5. The second-order valence-electron chi connectivity index (χ2n) is 2.27. The Kier molecular flexibility index (Phi) is 3.00. The molecule has 12 heavy (non-hydrogen) atoms. The normalized spacial score (nSPS) is 9.42. The van der Waals surface area contributed by atoms with Gasteiger partial charge in [-0.1, -0.05) is 24.3 Å². The van der Waals surface area contributed by atoms with Crippen LogP contribution in [-0.4, -0.2) is 12.1 Å². The first-order valence-corrected chi connectivity index (χ1v) is 3.96. The van der Waals surface area contributed by atoms with E-state index in [1.807, 2.05) is 0 Å². The van der Waals surface area contributed by atoms with E-state index >= 15 is 0 Å². The molecule has 0 aromatic heterocycles. The van der Waals surface area contributed by atoms with Crippen molar-refractivity contribution in [2.24, 2.45) is 0 Å². The summed E-state index contributed by atoms with van der Waals surface area (Å²) in [4.78, 5) is 21.1. The van der Waals surface area contributed by atoms with Crippen LogP contribution < -0.4 is 0 Å². The summed E-state index contributed by atoms with van der Waals surface area (Å²) in [5.74, 6) is -0.276. The van der Waals surface area contributed by atoms with Crippen LogP contribution in [0.3, 0.4) is 0 Å². The number of rotatable bonds is 3. The van der Waals surface area contributed by atoms with Crippen LogP contribution >= 0.6 is 11.6 Å². The van der Waals surface area contributed by atoms with Gasteiger partial charge in [0.1, 0.15) is 0 Å². The number of hydrogen-bond acceptors (Lipinski definition) is 2. The summed E-state index contributed by atoms with van der Waals surface area (Å²) in [6.45, 7) is 0. The van der Waals surface area contributed by atoms with Crippen LogP contribution in [0.1, 0.15) is 15.9 Å². The number of hydrogen-bond donors (Lipinski definition) is 0. The molecule has 1 aromatic carbocycles. The van der Waals surface area contributed by atoms with Gasteiger partial charge >= 0.3 is 0 Å². The van der Waals surface area contributed by atoms with E-state index in [0.717, 1.165) is 0 Å². The van der Waals surface area contributed by atoms with E-state index in [1.165, 1.54) is 0 Å². The van der Waals surface area contributed by atoms with Crippen LogP contribution in [-0.2, 0) is 10.7 Å². The number of carbonyl (C=O) groups is 2. The van der Waals surface area contributed by atoms with Crippen LogP contribution in [0.5, 0.6) is 0 Å². The van der Waals surface area contributed by atoms with Crippen molar-refractivity contribution >= 4 is 23.7 Å². The van der Waals surface area contributed by atoms with Crippen molar-refractivity contribution in [3.63, 3.8) is 0 Å². The lowest BCUT2D eigenvalue weighted by molar-refractivity contribution is -0.104. The van der Waals surface area contributed by atoms with E-state index in [4.69, 9.17) is 11.6 Å². The summed E-state index contributed by atoms with van der Waals surface area (Å²) in [6, 6.07) is 6.80. The van der Waals surface area contributed by atoms with E-state index in [2.05, 4.69) is 0 Å². The second-order valence-corrected chi connectivity index (χ2v) is 2.54. The number of benzene rings is 1. The average Bonchev–Trinajstić information content (AvgIpc) is 2.16. The van der Waals surface area contributed by atoms with Gasteiger partial charge in [-0.15, -0.1) is 11.6 Å². The summed E-state index contributed by atoms with van der Waals surface area (Å²) < 4.78 is 0. The van der Waals surface area contributed by atoms with Crippen LogP contribution in [0, 0.1) is 0 Å². The third-order valence-corrected chi connectivity index (χ3v) is 1.82. The Morgan fingerprint density at radius 2 is 2.08 bits per heavy atom. The molecule has 0 saturated heterocycles. The van der Waals surface area contributed by atoms with Gasteiger partial charge in [0.15, 0.2) is 6.29 Å². The first-order chi connectivity index (χ1) is 5.79. The van der Waals surface area contributed by atoms with E-state index in [0.29, 0.717) is 17.4 Å². The zero-order valence-electron chi connectivity index (χ0n) is 6.29. The second kappa shape index (κ2) is 4.02. The number of ketones is 1. The first kappa shape index (κ1) is 8.94. The molecule has 0 amide bonds. The Morgan fingerprint density at radius 1 is 1.42 bits per heavy atom. The molecule has 62 valence electrons. The molecule has 0 saturated carbocycles. The topological polar surface area (TPSA) is 34.1 Å². The monoisotopic (exact) mass is 182 g/mol. The maximum Gasteiger partial charge on any atom is 0.225 e. The molecule has 0 unspecified atom stereocenters. The standard InChI is InChI=1S/C9H7ClO2/c10-5-7-3-1-2-4-8(7)9(12)6-11/h1-4,6H,5H2. The zero-order valence-corrected chi connectivity index (χ0v) is 7.04. The minimum Gasteiger partial charge on any atom is -0.294 e. The zero-order chi connectivity index (χ0) is 8.97. The lowest BCUT2D eigenvalue weighted by Gasteiger charge is -1.99. The Labute approximate surface area is 75.2 Å². The fourth-order valence-electron chi connectivity index (χ4n) is 0.941. The minimum absolute atomic E-state index is 0.246. The van der Waals surface area contributed by atoms with E-state index < -0.39 is 5.78 Å². The molecule has 0 radical (unpaired) electrons. The number of carbonyl (C=O) groups excluding carboxylic acids is 2. The molecule has 0 aliphatic rings. The third-order valence-electron chi connectivity index (χ3n) is 1.53. The van der Waals surface area contributed by atoms with Gasteiger partial charge in [-0.3, -0.25) is 9.59 Å². The van der Waals surface area contributed by atoms with Crippen molar-refractivity contribution in [3.8, 4) is 0 Å². The van der Waals surface area contributed by atoms with Gasteiger partial charge in [-0.2, -0.15) is 0 Å². The van der Waals surface area contributed by atoms with Gasteiger partial charge in [-0.25, -0.2) is 0 Å². The molecular formula is C9H7ClO2. The smallest absolute Gasteiger partial charge is 0.225 e. The number of aldehydes is 1. The molecule has 0 bridgehead atoms. The van der Waals surface area contributed by atoms with Crippen molar-refractivity contribution in [1.82, 2.24) is 0 Å². The summed E-state index contributed by atoms with van der Waals surface area (Å²) in [5, 5.41) is 0. The molecule has 0 aliphatic carbocycles. The van der Waals surface area contributed by atoms with Crippen LogP contribution in [0.25, 0.3) is 0 Å². The number of alkyl halides is 1. The average molecular weight is 183 g/mol. The molecule has 1 rings (SSSR count). The molecule has 0 atom stereocenters. The van der Waals surface area contributed by atoms with Crippen molar-refractivity contribution in [1.29, 1.82) is 0 Å². The molecule has 1 aromatic rings. The fourth-order valence-corrected chi connectivity index (χ4v) is 1.17. The summed E-state index contributed by atoms with van der Waals surface area (Å²) in [7, 11) is 0. The Bertz CT molecular complexity index is 307. The van der Waals surface area contributed by atoms with Gasteiger partial charge in [-0.05, 0) is 5.56 Å². The van der Waals surface area contributed by atoms with E-state index in [9.17, 15) is 9.59 Å². The number of Topliss-reactive ketones (excluding diaryl/α,β-unsaturated/α-hetero) is 1. The first-order valence-electron chi connectivity index (χ1n) is 3.43. The molecule has 0 heterocycles. The quantitative estimate of drug-likeness (QED) is 0.309. The highest BCUT2D eigenvalue weighted by molar-refractivity contribution is 6.34. The van der Waals surface area contributed by atoms with Crippen molar-refractivity contribution in [3.05, 3.63) is 35.4 Å². The Hall–Kier alpha value is -1.15. The predicted molar refractivity (Wildman–Crippen MR) is 46.4 cm³/mol. The third kappa shape index (κ3) is 1.71. The maximum atomic E-state index is 11.0. The minimum atomic E-state index is -0.522. The largest absolute Gasteiger partial charge is 0.294 e. The Balaban J connectivity index is 3.13. The van der Waals surface area contributed by atoms with E-state index in [1.54, 1.807) is 24.3 Å². The number of halogens is 1.